The van der Waals surface area contributed by atoms with Gasteiger partial charge in [-0.15, -0.1) is 22.0 Å². The van der Waals surface area contributed by atoms with E-state index in [1.807, 2.05) is 12.1 Å². The van der Waals surface area contributed by atoms with Crippen LogP contribution in [0.4, 0.5) is 0 Å². The van der Waals surface area contributed by atoms with E-state index in [9.17, 15) is 4.79 Å². The van der Waals surface area contributed by atoms with Crippen LogP contribution in [0.25, 0.3) is 0 Å². The number of aromatic nitrogens is 4. The summed E-state index contributed by atoms with van der Waals surface area (Å²) in [6, 6.07) is 8.00. The van der Waals surface area contributed by atoms with Gasteiger partial charge in [-0.3, -0.25) is 4.79 Å². The lowest BCUT2D eigenvalue weighted by molar-refractivity contribution is -0.121. The number of carbonyl (C=O) groups is 1. The Labute approximate surface area is 133 Å². The molecule has 0 aliphatic carbocycles. The first-order valence-electron chi connectivity index (χ1n) is 7.52. The molecule has 0 radical (unpaired) electrons. The first kappa shape index (κ1) is 15.0. The van der Waals surface area contributed by atoms with Crippen LogP contribution < -0.4 is 5.32 Å². The van der Waals surface area contributed by atoms with E-state index in [1.54, 1.807) is 11.8 Å². The van der Waals surface area contributed by atoms with Crippen LogP contribution in [0.2, 0.25) is 0 Å². The fraction of sp³-hybridized carbons (Fsp3) is 0.467. The van der Waals surface area contributed by atoms with Gasteiger partial charge in [0.2, 0.25) is 5.91 Å². The van der Waals surface area contributed by atoms with Crippen molar-refractivity contribution in [2.24, 2.45) is 0 Å². The molecule has 2 N–H and O–H groups in total. The predicted molar refractivity (Wildman–Crippen MR) is 85.3 cm³/mol. The lowest BCUT2D eigenvalue weighted by atomic mass is 10.0. The molecule has 7 heteroatoms. The maximum Gasteiger partial charge on any atom is 0.238 e. The molecule has 0 spiro atoms. The van der Waals surface area contributed by atoms with Crippen LogP contribution in [-0.2, 0) is 11.2 Å². The van der Waals surface area contributed by atoms with E-state index in [-0.39, 0.29) is 17.2 Å². The molecule has 2 aromatic rings. The van der Waals surface area contributed by atoms with Crippen molar-refractivity contribution >= 4 is 17.7 Å². The van der Waals surface area contributed by atoms with Gasteiger partial charge >= 0.3 is 0 Å². The number of benzene rings is 1. The zero-order chi connectivity index (χ0) is 15.4. The SMILES string of the molecule is CCCC(NC(=O)C1SCCc2ccccc21)c1nn[nH]n1. The lowest BCUT2D eigenvalue weighted by Gasteiger charge is -2.26. The van der Waals surface area contributed by atoms with E-state index in [0.717, 1.165) is 30.6 Å². The second-order valence-corrected chi connectivity index (χ2v) is 6.53. The number of nitrogens with one attached hydrogen (secondary N) is 2. The number of rotatable bonds is 5. The fourth-order valence-corrected chi connectivity index (χ4v) is 3.93. The van der Waals surface area contributed by atoms with Crippen LogP contribution >= 0.6 is 11.8 Å². The Morgan fingerprint density at radius 3 is 3.14 bits per heavy atom. The molecule has 1 aromatic carbocycles. The Balaban J connectivity index is 1.77. The number of H-pyrrole nitrogens is 1. The van der Waals surface area contributed by atoms with Crippen molar-refractivity contribution in [3.05, 3.63) is 41.2 Å². The molecule has 0 fully saturated rings. The van der Waals surface area contributed by atoms with Gasteiger partial charge in [-0.1, -0.05) is 42.8 Å². The van der Waals surface area contributed by atoms with Crippen molar-refractivity contribution in [1.82, 2.24) is 25.9 Å². The third kappa shape index (κ3) is 3.14. The average Bonchev–Trinajstić information content (AvgIpc) is 3.08. The van der Waals surface area contributed by atoms with Crippen molar-refractivity contribution in [3.8, 4) is 0 Å². The van der Waals surface area contributed by atoms with Crippen LogP contribution in [0.15, 0.2) is 24.3 Å². The van der Waals surface area contributed by atoms with Crippen molar-refractivity contribution in [1.29, 1.82) is 0 Å². The summed E-state index contributed by atoms with van der Waals surface area (Å²) in [5.41, 5.74) is 2.40. The van der Waals surface area contributed by atoms with Gasteiger partial charge in [-0.2, -0.15) is 5.21 Å². The zero-order valence-electron chi connectivity index (χ0n) is 12.5. The van der Waals surface area contributed by atoms with Gasteiger partial charge in [0.15, 0.2) is 5.82 Å². The second-order valence-electron chi connectivity index (χ2n) is 5.32. The molecule has 0 saturated carbocycles. The number of thioether (sulfide) groups is 1. The zero-order valence-corrected chi connectivity index (χ0v) is 13.3. The van der Waals surface area contributed by atoms with E-state index in [4.69, 9.17) is 0 Å². The van der Waals surface area contributed by atoms with Crippen molar-refractivity contribution < 1.29 is 4.79 Å². The maximum atomic E-state index is 12.7. The summed E-state index contributed by atoms with van der Waals surface area (Å²) >= 11 is 1.70. The molecule has 6 nitrogen and oxygen atoms in total. The van der Waals surface area contributed by atoms with E-state index in [2.05, 4.69) is 45.0 Å². The minimum Gasteiger partial charge on any atom is -0.345 e. The molecule has 2 unspecified atom stereocenters. The molecule has 22 heavy (non-hydrogen) atoms. The minimum atomic E-state index is -0.189. The predicted octanol–water partition coefficient (Wildman–Crippen LogP) is 2.19. The van der Waals surface area contributed by atoms with E-state index >= 15 is 0 Å². The van der Waals surface area contributed by atoms with Crippen molar-refractivity contribution in [3.63, 3.8) is 0 Å². The number of fused-ring (bicyclic) bond motifs is 1. The molecule has 3 rings (SSSR count). The Kier molecular flexibility index (Phi) is 4.72. The first-order valence-corrected chi connectivity index (χ1v) is 8.57. The number of aryl methyl sites for hydroxylation is 1. The number of hydrogen-bond acceptors (Lipinski definition) is 5. The fourth-order valence-electron chi connectivity index (χ4n) is 2.73. The van der Waals surface area contributed by atoms with Gasteiger partial charge in [-0.25, -0.2) is 0 Å². The lowest BCUT2D eigenvalue weighted by Crippen LogP contribution is -2.34. The molecule has 1 amide bonds. The van der Waals surface area contributed by atoms with Crippen LogP contribution in [0.5, 0.6) is 0 Å². The van der Waals surface area contributed by atoms with Gasteiger partial charge in [0.05, 0.1) is 6.04 Å². The van der Waals surface area contributed by atoms with Crippen molar-refractivity contribution in [2.45, 2.75) is 37.5 Å². The second kappa shape index (κ2) is 6.91. The number of aromatic amines is 1. The van der Waals surface area contributed by atoms with Crippen LogP contribution in [0, 0.1) is 0 Å². The van der Waals surface area contributed by atoms with E-state index in [1.165, 1.54) is 5.56 Å². The summed E-state index contributed by atoms with van der Waals surface area (Å²) < 4.78 is 0. The van der Waals surface area contributed by atoms with E-state index < -0.39 is 0 Å². The van der Waals surface area contributed by atoms with Gasteiger partial charge in [0, 0.05) is 0 Å². The molecule has 2 heterocycles. The van der Waals surface area contributed by atoms with Crippen LogP contribution in [0.1, 0.15) is 48.0 Å². The summed E-state index contributed by atoms with van der Waals surface area (Å²) in [7, 11) is 0. The number of hydrogen-bond donors (Lipinski definition) is 2. The minimum absolute atomic E-state index is 0.0281. The Morgan fingerprint density at radius 2 is 2.36 bits per heavy atom. The Morgan fingerprint density at radius 1 is 1.50 bits per heavy atom. The molecule has 0 bridgehead atoms. The summed E-state index contributed by atoms with van der Waals surface area (Å²) in [5.74, 6) is 1.54. The Bertz CT molecular complexity index is 631. The van der Waals surface area contributed by atoms with Gasteiger partial charge in [0.25, 0.3) is 0 Å². The number of tetrazole rings is 1. The van der Waals surface area contributed by atoms with Crippen molar-refractivity contribution in [2.75, 3.05) is 5.75 Å². The highest BCUT2D eigenvalue weighted by molar-refractivity contribution is 8.00. The normalized spacial score (nSPS) is 18.5. The van der Waals surface area contributed by atoms with E-state index in [0.29, 0.717) is 5.82 Å². The first-order chi connectivity index (χ1) is 10.8. The quantitative estimate of drug-likeness (QED) is 0.883. The molecule has 2 atom stereocenters. The summed E-state index contributed by atoms with van der Waals surface area (Å²) in [6.45, 7) is 2.07. The summed E-state index contributed by atoms with van der Waals surface area (Å²) in [5, 5.41) is 17.0. The third-order valence-corrected chi connectivity index (χ3v) is 5.04. The highest BCUT2D eigenvalue weighted by Gasteiger charge is 2.29. The maximum absolute atomic E-state index is 12.7. The smallest absolute Gasteiger partial charge is 0.238 e. The van der Waals surface area contributed by atoms with Crippen LogP contribution in [-0.4, -0.2) is 32.3 Å². The third-order valence-electron chi connectivity index (χ3n) is 3.80. The number of nitrogens with zero attached hydrogens (tertiary/aromatic N) is 3. The molecule has 116 valence electrons. The summed E-state index contributed by atoms with van der Waals surface area (Å²) in [4.78, 5) is 12.7. The molecule has 1 aromatic heterocycles. The Hall–Kier alpha value is -1.89. The molecular formula is C15H19N5OS. The molecule has 0 saturated heterocycles. The largest absolute Gasteiger partial charge is 0.345 e. The number of carbonyl (C=O) groups excluding carboxylic acids is 1. The average molecular weight is 317 g/mol. The summed E-state index contributed by atoms with van der Waals surface area (Å²) in [6.07, 6.45) is 2.76. The van der Waals surface area contributed by atoms with Crippen LogP contribution in [0.3, 0.4) is 0 Å². The van der Waals surface area contributed by atoms with Gasteiger partial charge in [0.1, 0.15) is 5.25 Å². The topological polar surface area (TPSA) is 83.6 Å². The molecule has 1 aliphatic heterocycles. The molecule has 1 aliphatic rings. The van der Waals surface area contributed by atoms with Gasteiger partial charge < -0.3 is 5.32 Å². The highest BCUT2D eigenvalue weighted by Crippen LogP contribution is 2.37. The highest BCUT2D eigenvalue weighted by atomic mass is 32.2. The number of amides is 1. The standard InChI is InChI=1S/C15H19N5OS/c1-2-5-12(14-17-19-20-18-14)16-15(21)13-11-7-4-3-6-10(11)8-9-22-13/h3-4,6-7,12-13H,2,5,8-9H2,1H3,(H,16,21)(H,17,18,19,20). The van der Waals surface area contributed by atoms with Gasteiger partial charge in [-0.05, 0) is 29.7 Å². The monoisotopic (exact) mass is 317 g/mol. The molecular weight excluding hydrogens is 298 g/mol.